The first-order valence-corrected chi connectivity index (χ1v) is 7.22. The Morgan fingerprint density at radius 3 is 2.90 bits per heavy atom. The summed E-state index contributed by atoms with van der Waals surface area (Å²) >= 11 is 1.36. The number of rotatable bonds is 4. The first-order valence-electron chi connectivity index (χ1n) is 6.34. The molecule has 1 unspecified atom stereocenters. The van der Waals surface area contributed by atoms with Gasteiger partial charge in [0.1, 0.15) is 6.20 Å². The van der Waals surface area contributed by atoms with Crippen molar-refractivity contribution in [3.05, 3.63) is 39.1 Å². The van der Waals surface area contributed by atoms with Crippen LogP contribution in [0.3, 0.4) is 0 Å². The minimum atomic E-state index is -0.419. The first-order chi connectivity index (χ1) is 9.97. The number of nitro groups is 1. The lowest BCUT2D eigenvalue weighted by Gasteiger charge is -2.12. The van der Waals surface area contributed by atoms with Gasteiger partial charge in [0.05, 0.1) is 11.7 Å². The summed E-state index contributed by atoms with van der Waals surface area (Å²) in [5.74, 6) is 0.238. The number of hydrogen-bond acceptors (Lipinski definition) is 6. The number of hydrogen-bond donors (Lipinski definition) is 1. The highest BCUT2D eigenvalue weighted by atomic mass is 32.1. The van der Waals surface area contributed by atoms with Crippen LogP contribution in [0.5, 0.6) is 0 Å². The Labute approximate surface area is 124 Å². The molecule has 0 fully saturated rings. The molecule has 0 aliphatic rings. The number of nitrogens with zero attached hydrogens (tertiary/aromatic N) is 5. The van der Waals surface area contributed by atoms with Crippen molar-refractivity contribution >= 4 is 27.9 Å². The van der Waals surface area contributed by atoms with Crippen LogP contribution in [0, 0.1) is 17.0 Å². The second-order valence-corrected chi connectivity index (χ2v) is 5.68. The maximum atomic E-state index is 11.3. The van der Waals surface area contributed by atoms with E-state index in [1.807, 2.05) is 27.1 Å². The monoisotopic (exact) mass is 306 g/mol. The maximum absolute atomic E-state index is 11.3. The Kier molecular flexibility index (Phi) is 3.13. The molecular weight excluding hydrogens is 292 g/mol. The molecule has 1 N–H and O–H groups in total. The van der Waals surface area contributed by atoms with Crippen molar-refractivity contribution in [2.75, 3.05) is 5.32 Å². The van der Waals surface area contributed by atoms with Crippen LogP contribution in [0.25, 0.3) is 4.96 Å². The van der Waals surface area contributed by atoms with Gasteiger partial charge in [-0.1, -0.05) is 11.3 Å². The van der Waals surface area contributed by atoms with Gasteiger partial charge in [-0.05, 0) is 18.8 Å². The van der Waals surface area contributed by atoms with Crippen molar-refractivity contribution in [3.63, 3.8) is 0 Å². The van der Waals surface area contributed by atoms with Crippen LogP contribution >= 0.6 is 11.3 Å². The average Bonchev–Trinajstić information content (AvgIpc) is 3.02. The summed E-state index contributed by atoms with van der Waals surface area (Å²) in [6.07, 6.45) is 3.55. The number of fused-ring (bicyclic) bond motifs is 1. The Balaban J connectivity index is 1.97. The summed E-state index contributed by atoms with van der Waals surface area (Å²) in [5.41, 5.74) is 1.88. The van der Waals surface area contributed by atoms with E-state index in [0.717, 1.165) is 11.3 Å². The Bertz CT molecular complexity index is 817. The largest absolute Gasteiger partial charge is 0.372 e. The highest BCUT2D eigenvalue weighted by molar-refractivity contribution is 7.15. The molecule has 0 bridgehead atoms. The zero-order valence-electron chi connectivity index (χ0n) is 11.8. The van der Waals surface area contributed by atoms with E-state index in [1.54, 1.807) is 16.3 Å². The molecule has 3 rings (SSSR count). The number of aromatic nitrogens is 4. The topological polar surface area (TPSA) is 90.3 Å². The van der Waals surface area contributed by atoms with Crippen molar-refractivity contribution in [1.82, 2.24) is 19.2 Å². The Morgan fingerprint density at radius 2 is 2.29 bits per heavy atom. The standard InChI is InChI=1S/C12H14N6O2S/c1-7(9-6-16(3)15-8(9)2)13-10-11(18(19)20)17-4-5-21-12(17)14-10/h4-7,13H,1-3H3. The van der Waals surface area contributed by atoms with E-state index in [9.17, 15) is 10.1 Å². The van der Waals surface area contributed by atoms with E-state index in [-0.39, 0.29) is 17.7 Å². The van der Waals surface area contributed by atoms with Gasteiger partial charge >= 0.3 is 5.82 Å². The van der Waals surface area contributed by atoms with E-state index in [0.29, 0.717) is 4.96 Å². The molecule has 0 aromatic carbocycles. The smallest absolute Gasteiger partial charge is 0.358 e. The Hall–Kier alpha value is -2.42. The third kappa shape index (κ3) is 2.25. The summed E-state index contributed by atoms with van der Waals surface area (Å²) in [7, 11) is 1.85. The van der Waals surface area contributed by atoms with E-state index in [1.165, 1.54) is 15.7 Å². The van der Waals surface area contributed by atoms with Gasteiger partial charge in [-0.3, -0.25) is 4.68 Å². The van der Waals surface area contributed by atoms with Crippen molar-refractivity contribution in [2.24, 2.45) is 7.05 Å². The average molecular weight is 306 g/mol. The third-order valence-corrected chi connectivity index (χ3v) is 4.04. The SMILES string of the molecule is Cc1nn(C)cc1C(C)Nc1nc2sccn2c1[N+](=O)[O-]. The molecular formula is C12H14N6O2S. The molecule has 8 nitrogen and oxygen atoms in total. The predicted octanol–water partition coefficient (Wildman–Crippen LogP) is 2.52. The number of nitrogens with one attached hydrogen (secondary N) is 1. The van der Waals surface area contributed by atoms with Gasteiger partial charge in [-0.15, -0.1) is 0 Å². The first kappa shape index (κ1) is 13.6. The van der Waals surface area contributed by atoms with Crippen LogP contribution in [-0.2, 0) is 7.05 Å². The second-order valence-electron chi connectivity index (χ2n) is 4.81. The van der Waals surface area contributed by atoms with Crippen LogP contribution in [0.4, 0.5) is 11.6 Å². The molecule has 3 aromatic heterocycles. The van der Waals surface area contributed by atoms with Crippen LogP contribution < -0.4 is 5.32 Å². The molecule has 0 radical (unpaired) electrons. The fraction of sp³-hybridized carbons (Fsp3) is 0.333. The van der Waals surface area contributed by atoms with Gasteiger partial charge < -0.3 is 15.4 Å². The zero-order chi connectivity index (χ0) is 15.1. The fourth-order valence-corrected chi connectivity index (χ4v) is 3.08. The van der Waals surface area contributed by atoms with Crippen molar-refractivity contribution in [1.29, 1.82) is 0 Å². The van der Waals surface area contributed by atoms with E-state index >= 15 is 0 Å². The summed E-state index contributed by atoms with van der Waals surface area (Å²) in [6, 6.07) is -0.123. The molecule has 1 atom stereocenters. The Morgan fingerprint density at radius 1 is 1.52 bits per heavy atom. The van der Waals surface area contributed by atoms with Crippen LogP contribution in [0.15, 0.2) is 17.8 Å². The summed E-state index contributed by atoms with van der Waals surface area (Å²) in [5, 5.41) is 20.4. The van der Waals surface area contributed by atoms with Gasteiger partial charge in [-0.25, -0.2) is 0 Å². The van der Waals surface area contributed by atoms with E-state index in [2.05, 4.69) is 15.4 Å². The third-order valence-electron chi connectivity index (χ3n) is 3.28. The van der Waals surface area contributed by atoms with Gasteiger partial charge in [0, 0.05) is 24.2 Å². The lowest BCUT2D eigenvalue weighted by atomic mass is 10.1. The molecule has 0 spiro atoms. The highest BCUT2D eigenvalue weighted by Crippen LogP contribution is 2.31. The molecule has 9 heteroatoms. The van der Waals surface area contributed by atoms with Crippen molar-refractivity contribution in [3.8, 4) is 0 Å². The zero-order valence-corrected chi connectivity index (χ0v) is 12.6. The van der Waals surface area contributed by atoms with Gasteiger partial charge in [0.25, 0.3) is 4.96 Å². The lowest BCUT2D eigenvalue weighted by molar-refractivity contribution is -0.389. The highest BCUT2D eigenvalue weighted by Gasteiger charge is 2.25. The summed E-state index contributed by atoms with van der Waals surface area (Å²) < 4.78 is 3.21. The lowest BCUT2D eigenvalue weighted by Crippen LogP contribution is -2.09. The van der Waals surface area contributed by atoms with Crippen LogP contribution in [0.2, 0.25) is 0 Å². The fourth-order valence-electron chi connectivity index (χ4n) is 2.37. The number of imidazole rings is 1. The molecule has 3 heterocycles. The maximum Gasteiger partial charge on any atom is 0.372 e. The normalized spacial score (nSPS) is 12.7. The van der Waals surface area contributed by atoms with Gasteiger partial charge in [-0.2, -0.15) is 14.5 Å². The number of aryl methyl sites for hydroxylation is 2. The van der Waals surface area contributed by atoms with Crippen molar-refractivity contribution in [2.45, 2.75) is 19.9 Å². The quantitative estimate of drug-likeness (QED) is 0.591. The molecule has 0 saturated carbocycles. The molecule has 0 saturated heterocycles. The van der Waals surface area contributed by atoms with Crippen molar-refractivity contribution < 1.29 is 4.92 Å². The van der Waals surface area contributed by atoms with E-state index in [4.69, 9.17) is 0 Å². The minimum Gasteiger partial charge on any atom is -0.358 e. The van der Waals surface area contributed by atoms with E-state index < -0.39 is 4.92 Å². The molecule has 110 valence electrons. The molecule has 21 heavy (non-hydrogen) atoms. The van der Waals surface area contributed by atoms with Gasteiger partial charge in [0.2, 0.25) is 5.82 Å². The summed E-state index contributed by atoms with van der Waals surface area (Å²) in [4.78, 5) is 15.8. The molecule has 3 aromatic rings. The number of thiazole rings is 1. The van der Waals surface area contributed by atoms with Crippen LogP contribution in [0.1, 0.15) is 24.2 Å². The molecule has 0 aliphatic carbocycles. The minimum absolute atomic E-state index is 0.0420. The predicted molar refractivity (Wildman–Crippen MR) is 79.7 cm³/mol. The molecule has 0 aliphatic heterocycles. The number of anilines is 1. The summed E-state index contributed by atoms with van der Waals surface area (Å²) in [6.45, 7) is 3.84. The van der Waals surface area contributed by atoms with Crippen LogP contribution in [-0.4, -0.2) is 24.1 Å². The molecule has 0 amide bonds. The second kappa shape index (κ2) is 4.85. The van der Waals surface area contributed by atoms with Gasteiger partial charge in [0.15, 0.2) is 0 Å².